The van der Waals surface area contributed by atoms with E-state index in [1.807, 2.05) is 0 Å². The Balaban J connectivity index is 2.47. The van der Waals surface area contributed by atoms with Crippen LogP contribution in [0.4, 0.5) is 0 Å². The molecule has 0 aliphatic heterocycles. The number of pyridine rings is 1. The van der Waals surface area contributed by atoms with E-state index in [0.29, 0.717) is 10.9 Å². The number of fused-ring (bicyclic) bond motifs is 1. The van der Waals surface area contributed by atoms with Gasteiger partial charge in [-0.3, -0.25) is 9.59 Å². The molecule has 106 valence electrons. The summed E-state index contributed by atoms with van der Waals surface area (Å²) in [5.74, 6) is -0.516. The lowest BCUT2D eigenvalue weighted by molar-refractivity contribution is 0.0725. The van der Waals surface area contributed by atoms with E-state index in [0.717, 1.165) is 0 Å². The zero-order chi connectivity index (χ0) is 14.8. The lowest BCUT2D eigenvalue weighted by Crippen LogP contribution is -2.51. The Labute approximate surface area is 115 Å². The summed E-state index contributed by atoms with van der Waals surface area (Å²) in [5, 5.41) is 21.5. The largest absolute Gasteiger partial charge is 0.394 e. The molecule has 2 aromatic rings. The Bertz CT molecular complexity index is 689. The average molecular weight is 276 g/mol. The molecule has 1 aromatic heterocycles. The van der Waals surface area contributed by atoms with Gasteiger partial charge in [0.1, 0.15) is 0 Å². The Kier molecular flexibility index (Phi) is 3.87. The molecule has 0 saturated heterocycles. The van der Waals surface area contributed by atoms with Crippen molar-refractivity contribution in [1.29, 1.82) is 0 Å². The van der Waals surface area contributed by atoms with Gasteiger partial charge in [0.05, 0.1) is 24.3 Å². The highest BCUT2D eigenvalue weighted by molar-refractivity contribution is 6.06. The van der Waals surface area contributed by atoms with Crippen molar-refractivity contribution in [3.63, 3.8) is 0 Å². The number of carbonyl (C=O) groups excluding carboxylic acids is 1. The SMILES string of the molecule is CC(CO)(CO)NC(=O)c1cc(=O)[nH]c2ccccc12. The summed E-state index contributed by atoms with van der Waals surface area (Å²) in [7, 11) is 0. The van der Waals surface area contributed by atoms with Gasteiger partial charge in [0, 0.05) is 17.0 Å². The fraction of sp³-hybridized carbons (Fsp3) is 0.286. The Morgan fingerprint density at radius 2 is 1.95 bits per heavy atom. The van der Waals surface area contributed by atoms with Gasteiger partial charge in [-0.05, 0) is 13.0 Å². The third-order valence-electron chi connectivity index (χ3n) is 3.11. The first kappa shape index (κ1) is 14.2. The molecule has 2 rings (SSSR count). The summed E-state index contributed by atoms with van der Waals surface area (Å²) >= 11 is 0. The van der Waals surface area contributed by atoms with E-state index >= 15 is 0 Å². The number of benzene rings is 1. The van der Waals surface area contributed by atoms with Gasteiger partial charge < -0.3 is 20.5 Å². The summed E-state index contributed by atoms with van der Waals surface area (Å²) in [5.41, 5.74) is -0.762. The molecule has 0 bridgehead atoms. The highest BCUT2D eigenvalue weighted by Crippen LogP contribution is 2.15. The van der Waals surface area contributed by atoms with E-state index in [2.05, 4.69) is 10.3 Å². The minimum absolute atomic E-state index is 0.206. The topological polar surface area (TPSA) is 102 Å². The number of rotatable bonds is 4. The number of nitrogens with one attached hydrogen (secondary N) is 2. The highest BCUT2D eigenvalue weighted by atomic mass is 16.3. The second-order valence-corrected chi connectivity index (χ2v) is 4.92. The zero-order valence-corrected chi connectivity index (χ0v) is 11.0. The maximum absolute atomic E-state index is 12.3. The third-order valence-corrected chi connectivity index (χ3v) is 3.11. The maximum Gasteiger partial charge on any atom is 0.252 e. The molecule has 0 saturated carbocycles. The normalized spacial score (nSPS) is 11.6. The number of aliphatic hydroxyl groups is 2. The smallest absolute Gasteiger partial charge is 0.252 e. The molecule has 1 aromatic carbocycles. The molecule has 0 aliphatic carbocycles. The second kappa shape index (κ2) is 5.44. The molecular formula is C14H16N2O4. The number of aromatic amines is 1. The van der Waals surface area contributed by atoms with Crippen molar-refractivity contribution in [1.82, 2.24) is 10.3 Å². The van der Waals surface area contributed by atoms with Crippen molar-refractivity contribution in [2.45, 2.75) is 12.5 Å². The van der Waals surface area contributed by atoms with Crippen molar-refractivity contribution in [2.75, 3.05) is 13.2 Å². The van der Waals surface area contributed by atoms with Crippen molar-refractivity contribution in [3.05, 3.63) is 46.2 Å². The van der Waals surface area contributed by atoms with Crippen LogP contribution in [0.25, 0.3) is 10.9 Å². The molecule has 0 radical (unpaired) electrons. The summed E-state index contributed by atoms with van der Waals surface area (Å²) in [6.07, 6.45) is 0. The fourth-order valence-corrected chi connectivity index (χ4v) is 1.86. The van der Waals surface area contributed by atoms with Gasteiger partial charge in [-0.2, -0.15) is 0 Å². The molecule has 0 aliphatic rings. The molecule has 0 unspecified atom stereocenters. The Hall–Kier alpha value is -2.18. The van der Waals surface area contributed by atoms with Gasteiger partial charge in [0.15, 0.2) is 0 Å². The van der Waals surface area contributed by atoms with Crippen LogP contribution in [0.5, 0.6) is 0 Å². The molecule has 1 heterocycles. The van der Waals surface area contributed by atoms with Crippen molar-refractivity contribution < 1.29 is 15.0 Å². The molecule has 20 heavy (non-hydrogen) atoms. The van der Waals surface area contributed by atoms with Crippen LogP contribution in [0.15, 0.2) is 35.1 Å². The van der Waals surface area contributed by atoms with Gasteiger partial charge in [0.2, 0.25) is 5.56 Å². The maximum atomic E-state index is 12.3. The van der Waals surface area contributed by atoms with E-state index in [4.69, 9.17) is 0 Å². The van der Waals surface area contributed by atoms with E-state index < -0.39 is 24.7 Å². The minimum Gasteiger partial charge on any atom is -0.394 e. The number of aromatic nitrogens is 1. The third kappa shape index (κ3) is 2.71. The number of hydrogen-bond acceptors (Lipinski definition) is 4. The Morgan fingerprint density at radius 3 is 2.60 bits per heavy atom. The van der Waals surface area contributed by atoms with Crippen molar-refractivity contribution >= 4 is 16.8 Å². The van der Waals surface area contributed by atoms with Crippen LogP contribution >= 0.6 is 0 Å². The van der Waals surface area contributed by atoms with E-state index in [-0.39, 0.29) is 11.1 Å². The van der Waals surface area contributed by atoms with E-state index in [9.17, 15) is 19.8 Å². The van der Waals surface area contributed by atoms with E-state index in [1.54, 1.807) is 24.3 Å². The number of amides is 1. The van der Waals surface area contributed by atoms with E-state index in [1.165, 1.54) is 13.0 Å². The molecule has 0 spiro atoms. The fourth-order valence-electron chi connectivity index (χ4n) is 1.86. The quantitative estimate of drug-likeness (QED) is 0.631. The average Bonchev–Trinajstić information content (AvgIpc) is 2.46. The summed E-state index contributed by atoms with van der Waals surface area (Å²) in [4.78, 5) is 26.5. The predicted octanol–water partition coefficient (Wildman–Crippen LogP) is 0.00120. The summed E-state index contributed by atoms with van der Waals surface area (Å²) in [6, 6.07) is 8.13. The summed E-state index contributed by atoms with van der Waals surface area (Å²) < 4.78 is 0. The molecule has 6 heteroatoms. The molecule has 6 nitrogen and oxygen atoms in total. The van der Waals surface area contributed by atoms with Crippen LogP contribution in [-0.2, 0) is 0 Å². The van der Waals surface area contributed by atoms with Crippen molar-refractivity contribution in [3.8, 4) is 0 Å². The number of H-pyrrole nitrogens is 1. The van der Waals surface area contributed by atoms with Crippen molar-refractivity contribution in [2.24, 2.45) is 0 Å². The molecule has 4 N–H and O–H groups in total. The molecule has 0 atom stereocenters. The monoisotopic (exact) mass is 276 g/mol. The van der Waals surface area contributed by atoms with Crippen LogP contribution in [0.1, 0.15) is 17.3 Å². The Morgan fingerprint density at radius 1 is 1.30 bits per heavy atom. The minimum atomic E-state index is -1.14. The first-order valence-electron chi connectivity index (χ1n) is 6.15. The summed E-state index contributed by atoms with van der Waals surface area (Å²) in [6.45, 7) is 0.701. The van der Waals surface area contributed by atoms with Crippen LogP contribution in [0.2, 0.25) is 0 Å². The van der Waals surface area contributed by atoms with Gasteiger partial charge in [-0.25, -0.2) is 0 Å². The van der Waals surface area contributed by atoms with Crippen LogP contribution in [0, 0.1) is 0 Å². The second-order valence-electron chi connectivity index (χ2n) is 4.92. The number of aliphatic hydroxyl groups excluding tert-OH is 2. The number of carbonyl (C=O) groups is 1. The van der Waals surface area contributed by atoms with Gasteiger partial charge in [-0.15, -0.1) is 0 Å². The van der Waals surface area contributed by atoms with Crippen LogP contribution in [0.3, 0.4) is 0 Å². The predicted molar refractivity (Wildman–Crippen MR) is 74.6 cm³/mol. The first-order valence-corrected chi connectivity index (χ1v) is 6.15. The number of para-hydroxylation sites is 1. The van der Waals surface area contributed by atoms with Gasteiger partial charge in [0.25, 0.3) is 5.91 Å². The lowest BCUT2D eigenvalue weighted by atomic mass is 10.0. The highest BCUT2D eigenvalue weighted by Gasteiger charge is 2.26. The van der Waals surface area contributed by atoms with Crippen LogP contribution < -0.4 is 10.9 Å². The zero-order valence-electron chi connectivity index (χ0n) is 11.0. The van der Waals surface area contributed by atoms with Crippen LogP contribution in [-0.4, -0.2) is 39.9 Å². The molecule has 0 fully saturated rings. The first-order chi connectivity index (χ1) is 9.49. The molecule has 1 amide bonds. The van der Waals surface area contributed by atoms with Gasteiger partial charge >= 0.3 is 0 Å². The molecular weight excluding hydrogens is 260 g/mol. The van der Waals surface area contributed by atoms with Gasteiger partial charge in [-0.1, -0.05) is 18.2 Å². The number of hydrogen-bond donors (Lipinski definition) is 4. The lowest BCUT2D eigenvalue weighted by Gasteiger charge is -2.26. The standard InChI is InChI=1S/C14H16N2O4/c1-14(7-17,8-18)16-13(20)10-6-12(19)15-11-5-3-2-4-9(10)11/h2-6,17-18H,7-8H2,1H3,(H,15,19)(H,16,20).